The largest absolute Gasteiger partial charge is 0.350 e. The summed E-state index contributed by atoms with van der Waals surface area (Å²) in [6, 6.07) is 7.47. The number of benzene rings is 1. The second kappa shape index (κ2) is 7.28. The van der Waals surface area contributed by atoms with E-state index in [4.69, 9.17) is 0 Å². The topological polar surface area (TPSA) is 107 Å². The molecule has 162 valence electrons. The van der Waals surface area contributed by atoms with E-state index in [2.05, 4.69) is 10.4 Å². The summed E-state index contributed by atoms with van der Waals surface area (Å²) < 4.78 is 1.30. The van der Waals surface area contributed by atoms with Crippen LogP contribution in [-0.4, -0.2) is 27.2 Å². The molecular formula is C23H26N4O4. The molecule has 2 aromatic rings. The lowest BCUT2D eigenvalue weighted by molar-refractivity contribution is -0.384. The number of carbonyl (C=O) groups is 1. The molecule has 8 nitrogen and oxygen atoms in total. The van der Waals surface area contributed by atoms with Crippen molar-refractivity contribution in [2.75, 3.05) is 6.54 Å². The summed E-state index contributed by atoms with van der Waals surface area (Å²) in [6.07, 6.45) is 7.44. The van der Waals surface area contributed by atoms with Crippen LogP contribution in [0.2, 0.25) is 0 Å². The van der Waals surface area contributed by atoms with Crippen LogP contribution in [0.1, 0.15) is 54.7 Å². The number of carbonyl (C=O) groups excluding carboxylic acids is 1. The summed E-state index contributed by atoms with van der Waals surface area (Å²) in [5, 5.41) is 18.6. The Bertz CT molecular complexity index is 1090. The first kappa shape index (κ1) is 19.9. The Labute approximate surface area is 179 Å². The predicted octanol–water partition coefficient (Wildman–Crippen LogP) is 3.40. The third-order valence-corrected chi connectivity index (χ3v) is 7.42. The first-order chi connectivity index (χ1) is 14.8. The molecule has 1 aromatic carbocycles. The number of amides is 1. The quantitative estimate of drug-likeness (QED) is 0.587. The molecule has 0 unspecified atom stereocenters. The van der Waals surface area contributed by atoms with Crippen LogP contribution in [0.5, 0.6) is 0 Å². The summed E-state index contributed by atoms with van der Waals surface area (Å²) >= 11 is 0. The van der Waals surface area contributed by atoms with Gasteiger partial charge in [-0.2, -0.15) is 5.10 Å². The van der Waals surface area contributed by atoms with Gasteiger partial charge < -0.3 is 5.32 Å². The van der Waals surface area contributed by atoms with Gasteiger partial charge in [-0.05, 0) is 74.7 Å². The van der Waals surface area contributed by atoms with Crippen LogP contribution in [0.3, 0.4) is 0 Å². The zero-order chi connectivity index (χ0) is 21.8. The number of nitrogens with one attached hydrogen (secondary N) is 1. The number of aromatic nitrogens is 2. The summed E-state index contributed by atoms with van der Waals surface area (Å²) in [5.74, 6) is 1.82. The Morgan fingerprint density at radius 2 is 1.81 bits per heavy atom. The van der Waals surface area contributed by atoms with Gasteiger partial charge in [0.2, 0.25) is 5.43 Å². The number of nitro groups is 1. The molecule has 8 heteroatoms. The van der Waals surface area contributed by atoms with Gasteiger partial charge in [-0.1, -0.05) is 12.1 Å². The van der Waals surface area contributed by atoms with Gasteiger partial charge in [0.15, 0.2) is 5.69 Å². The molecule has 4 aliphatic carbocycles. The Morgan fingerprint density at radius 3 is 2.42 bits per heavy atom. The van der Waals surface area contributed by atoms with Crippen LogP contribution >= 0.6 is 0 Å². The van der Waals surface area contributed by atoms with Crippen LogP contribution in [0.4, 0.5) is 5.69 Å². The second-order valence-corrected chi connectivity index (χ2v) is 9.76. The minimum Gasteiger partial charge on any atom is -0.350 e. The van der Waals surface area contributed by atoms with Crippen molar-refractivity contribution >= 4 is 11.6 Å². The number of rotatable bonds is 5. The summed E-state index contributed by atoms with van der Waals surface area (Å²) in [5.41, 5.74) is -0.0469. The standard InChI is InChI=1S/C23H26N4O4/c1-14-6-20(28)21(25-26(14)18-4-2-3-5-19(18)27(30)31)22(29)24-13-23-10-15-7-16(11-23)9-17(8-15)12-23/h2-6,15-17H,7-13H2,1H3,(H,24,29). The fourth-order valence-corrected chi connectivity index (χ4v) is 6.60. The molecule has 4 saturated carbocycles. The van der Waals surface area contributed by atoms with E-state index in [0.717, 1.165) is 37.0 Å². The highest BCUT2D eigenvalue weighted by atomic mass is 16.6. The van der Waals surface area contributed by atoms with Gasteiger partial charge >= 0.3 is 0 Å². The van der Waals surface area contributed by atoms with Gasteiger partial charge in [-0.25, -0.2) is 4.68 Å². The van der Waals surface area contributed by atoms with Crippen molar-refractivity contribution in [1.82, 2.24) is 15.1 Å². The average molecular weight is 422 g/mol. The van der Waals surface area contributed by atoms with Crippen molar-refractivity contribution in [3.8, 4) is 5.69 Å². The van der Waals surface area contributed by atoms with E-state index < -0.39 is 16.3 Å². The Hall–Kier alpha value is -3.03. The van der Waals surface area contributed by atoms with E-state index in [1.165, 1.54) is 36.1 Å². The van der Waals surface area contributed by atoms with Crippen LogP contribution < -0.4 is 10.7 Å². The maximum Gasteiger partial charge on any atom is 0.294 e. The lowest BCUT2D eigenvalue weighted by Crippen LogP contribution is -2.51. The molecule has 4 bridgehead atoms. The van der Waals surface area contributed by atoms with Gasteiger partial charge in [0.1, 0.15) is 5.69 Å². The molecule has 6 rings (SSSR count). The lowest BCUT2D eigenvalue weighted by Gasteiger charge is -2.56. The number of aryl methyl sites for hydroxylation is 1. The zero-order valence-electron chi connectivity index (χ0n) is 17.5. The fourth-order valence-electron chi connectivity index (χ4n) is 6.60. The lowest BCUT2D eigenvalue weighted by atomic mass is 9.49. The minimum atomic E-state index is -0.506. The van der Waals surface area contributed by atoms with E-state index in [0.29, 0.717) is 12.2 Å². The first-order valence-electron chi connectivity index (χ1n) is 11.0. The van der Waals surface area contributed by atoms with Gasteiger partial charge in [0, 0.05) is 24.4 Å². The third kappa shape index (κ3) is 3.54. The van der Waals surface area contributed by atoms with E-state index in [1.54, 1.807) is 25.1 Å². The number of hydrogen-bond donors (Lipinski definition) is 1. The first-order valence-corrected chi connectivity index (χ1v) is 11.0. The minimum absolute atomic E-state index is 0.137. The smallest absolute Gasteiger partial charge is 0.294 e. The van der Waals surface area contributed by atoms with Gasteiger partial charge in [-0.3, -0.25) is 19.7 Å². The molecule has 0 aliphatic heterocycles. The second-order valence-electron chi connectivity index (χ2n) is 9.76. The molecule has 1 N–H and O–H groups in total. The van der Waals surface area contributed by atoms with E-state index in [-0.39, 0.29) is 22.5 Å². The van der Waals surface area contributed by atoms with Gasteiger partial charge in [0.05, 0.1) is 4.92 Å². The van der Waals surface area contributed by atoms with Gasteiger partial charge in [0.25, 0.3) is 11.6 Å². The number of para-hydroxylation sites is 2. The Balaban J connectivity index is 1.41. The molecule has 1 aromatic heterocycles. The van der Waals surface area contributed by atoms with E-state index >= 15 is 0 Å². The SMILES string of the molecule is Cc1cc(=O)c(C(=O)NCC23CC4CC(CC(C4)C2)C3)nn1-c1ccccc1[N+](=O)[O-]. The van der Waals surface area contributed by atoms with Crippen molar-refractivity contribution < 1.29 is 9.72 Å². The molecule has 31 heavy (non-hydrogen) atoms. The van der Waals surface area contributed by atoms with Crippen LogP contribution in [-0.2, 0) is 0 Å². The fraction of sp³-hybridized carbons (Fsp3) is 0.522. The van der Waals surface area contributed by atoms with Crippen LogP contribution in [0, 0.1) is 40.2 Å². The van der Waals surface area contributed by atoms with Crippen molar-refractivity contribution in [3.63, 3.8) is 0 Å². The van der Waals surface area contributed by atoms with Crippen LogP contribution in [0.15, 0.2) is 35.1 Å². The normalized spacial score (nSPS) is 28.5. The predicted molar refractivity (Wildman–Crippen MR) is 114 cm³/mol. The average Bonchev–Trinajstić information content (AvgIpc) is 2.71. The van der Waals surface area contributed by atoms with Crippen molar-refractivity contribution in [1.29, 1.82) is 0 Å². The highest BCUT2D eigenvalue weighted by molar-refractivity contribution is 5.92. The number of hydrogen-bond acceptors (Lipinski definition) is 5. The van der Waals surface area contributed by atoms with Crippen molar-refractivity contribution in [3.05, 3.63) is 62.1 Å². The maximum atomic E-state index is 13.0. The Morgan fingerprint density at radius 1 is 1.19 bits per heavy atom. The molecule has 1 heterocycles. The van der Waals surface area contributed by atoms with E-state index in [9.17, 15) is 19.7 Å². The monoisotopic (exact) mass is 422 g/mol. The number of nitro benzene ring substituents is 1. The summed E-state index contributed by atoms with van der Waals surface area (Å²) in [4.78, 5) is 36.4. The molecule has 4 fully saturated rings. The highest BCUT2D eigenvalue weighted by Gasteiger charge is 2.50. The van der Waals surface area contributed by atoms with Crippen molar-refractivity contribution in [2.24, 2.45) is 23.2 Å². The van der Waals surface area contributed by atoms with Gasteiger partial charge in [-0.15, -0.1) is 0 Å². The molecule has 4 aliphatic rings. The molecular weight excluding hydrogens is 396 g/mol. The number of nitrogens with zero attached hydrogens (tertiary/aromatic N) is 3. The molecule has 0 saturated heterocycles. The van der Waals surface area contributed by atoms with Crippen LogP contribution in [0.25, 0.3) is 5.69 Å². The summed E-state index contributed by atoms with van der Waals surface area (Å²) in [6.45, 7) is 2.21. The summed E-state index contributed by atoms with van der Waals surface area (Å²) in [7, 11) is 0. The van der Waals surface area contributed by atoms with E-state index in [1.807, 2.05) is 0 Å². The zero-order valence-corrected chi connectivity index (χ0v) is 17.5. The Kier molecular flexibility index (Phi) is 4.68. The molecule has 0 spiro atoms. The molecule has 1 amide bonds. The molecule has 0 radical (unpaired) electrons. The third-order valence-electron chi connectivity index (χ3n) is 7.42. The highest BCUT2D eigenvalue weighted by Crippen LogP contribution is 2.59. The van der Waals surface area contributed by atoms with Crippen molar-refractivity contribution in [2.45, 2.75) is 45.4 Å². The maximum absolute atomic E-state index is 13.0. The molecule has 0 atom stereocenters.